The maximum Gasteiger partial charge on any atom is 0.243 e. The molecule has 19 heavy (non-hydrogen) atoms. The molecule has 0 aliphatic rings. The fraction of sp³-hybridized carbons (Fsp3) is 0.429. The summed E-state index contributed by atoms with van der Waals surface area (Å²) in [5.41, 5.74) is 7.22. The number of hydrogen-bond acceptors (Lipinski definition) is 4. The first kappa shape index (κ1) is 15.0. The van der Waals surface area contributed by atoms with Crippen LogP contribution in [0.5, 0.6) is 0 Å². The number of nitrogens with zero attached hydrogens (tertiary/aromatic N) is 1. The molecule has 0 saturated carbocycles. The number of aromatic nitrogens is 1. The zero-order valence-electron chi connectivity index (χ0n) is 11.6. The van der Waals surface area contributed by atoms with Gasteiger partial charge in [0.05, 0.1) is 11.9 Å². The third kappa shape index (κ3) is 7.08. The van der Waals surface area contributed by atoms with Crippen molar-refractivity contribution in [1.82, 2.24) is 10.3 Å². The Morgan fingerprint density at radius 3 is 2.68 bits per heavy atom. The summed E-state index contributed by atoms with van der Waals surface area (Å²) in [7, 11) is 0. The van der Waals surface area contributed by atoms with Crippen molar-refractivity contribution in [2.75, 3.05) is 24.1 Å². The van der Waals surface area contributed by atoms with E-state index >= 15 is 0 Å². The van der Waals surface area contributed by atoms with Gasteiger partial charge in [0.25, 0.3) is 0 Å². The second-order valence-corrected chi connectivity index (χ2v) is 4.62. The molecule has 104 valence electrons. The van der Waals surface area contributed by atoms with Crippen molar-refractivity contribution in [2.45, 2.75) is 26.7 Å². The van der Waals surface area contributed by atoms with Crippen molar-refractivity contribution in [1.29, 1.82) is 0 Å². The van der Waals surface area contributed by atoms with Gasteiger partial charge >= 0.3 is 0 Å². The van der Waals surface area contributed by atoms with Crippen LogP contribution < -0.4 is 16.4 Å². The highest BCUT2D eigenvalue weighted by atomic mass is 16.1. The summed E-state index contributed by atoms with van der Waals surface area (Å²) >= 11 is 0. The summed E-state index contributed by atoms with van der Waals surface area (Å²) in [4.78, 5) is 15.5. The number of nitrogen functional groups attached to an aromatic ring is 1. The first-order valence-electron chi connectivity index (χ1n) is 6.46. The number of hydrogen-bond donors (Lipinski definition) is 3. The van der Waals surface area contributed by atoms with Gasteiger partial charge in [0.15, 0.2) is 0 Å². The molecule has 1 heterocycles. The number of carbonyl (C=O) groups is 1. The summed E-state index contributed by atoms with van der Waals surface area (Å²) < 4.78 is 0. The molecule has 1 rings (SSSR count). The SMILES string of the molecule is CC(C)=CC(=O)NCCCCNc1ccc(N)cn1. The average Bonchev–Trinajstić information content (AvgIpc) is 2.35. The highest BCUT2D eigenvalue weighted by Crippen LogP contribution is 2.05. The zero-order valence-corrected chi connectivity index (χ0v) is 11.6. The van der Waals surface area contributed by atoms with Gasteiger partial charge in [-0.15, -0.1) is 0 Å². The van der Waals surface area contributed by atoms with E-state index in [2.05, 4.69) is 15.6 Å². The minimum Gasteiger partial charge on any atom is -0.397 e. The summed E-state index contributed by atoms with van der Waals surface area (Å²) in [6.07, 6.45) is 5.14. The molecule has 0 radical (unpaired) electrons. The van der Waals surface area contributed by atoms with Gasteiger partial charge < -0.3 is 16.4 Å². The Morgan fingerprint density at radius 2 is 2.05 bits per heavy atom. The Kier molecular flexibility index (Phi) is 6.43. The minimum absolute atomic E-state index is 0.0202. The Labute approximate surface area is 114 Å². The average molecular weight is 262 g/mol. The molecule has 0 atom stereocenters. The number of unbranched alkanes of at least 4 members (excludes halogenated alkanes) is 1. The molecular formula is C14H22N4O. The molecule has 0 aliphatic carbocycles. The van der Waals surface area contributed by atoms with Crippen LogP contribution in [-0.2, 0) is 4.79 Å². The van der Waals surface area contributed by atoms with Gasteiger partial charge in [0.1, 0.15) is 5.82 Å². The summed E-state index contributed by atoms with van der Waals surface area (Å²) in [5, 5.41) is 6.05. The van der Waals surface area contributed by atoms with Crippen molar-refractivity contribution >= 4 is 17.4 Å². The number of carbonyl (C=O) groups excluding carboxylic acids is 1. The summed E-state index contributed by atoms with van der Waals surface area (Å²) in [6, 6.07) is 3.67. The maximum absolute atomic E-state index is 11.3. The van der Waals surface area contributed by atoms with Gasteiger partial charge in [-0.3, -0.25) is 4.79 Å². The van der Waals surface area contributed by atoms with Crippen molar-refractivity contribution < 1.29 is 4.79 Å². The number of allylic oxidation sites excluding steroid dienone is 1. The van der Waals surface area contributed by atoms with E-state index in [1.54, 1.807) is 12.3 Å². The molecule has 1 aromatic heterocycles. The quantitative estimate of drug-likeness (QED) is 0.518. The van der Waals surface area contributed by atoms with Crippen LogP contribution in [0.15, 0.2) is 30.0 Å². The molecule has 1 aromatic rings. The molecule has 0 spiro atoms. The molecule has 0 aliphatic heterocycles. The van der Waals surface area contributed by atoms with Crippen molar-refractivity contribution in [3.63, 3.8) is 0 Å². The van der Waals surface area contributed by atoms with Gasteiger partial charge in [0.2, 0.25) is 5.91 Å². The summed E-state index contributed by atoms with van der Waals surface area (Å²) in [6.45, 7) is 5.33. The fourth-order valence-corrected chi connectivity index (χ4v) is 1.50. The fourth-order valence-electron chi connectivity index (χ4n) is 1.50. The number of nitrogens with one attached hydrogen (secondary N) is 2. The lowest BCUT2D eigenvalue weighted by atomic mass is 10.3. The lowest BCUT2D eigenvalue weighted by Gasteiger charge is -2.06. The third-order valence-electron chi connectivity index (χ3n) is 2.42. The second kappa shape index (κ2) is 8.13. The number of amides is 1. The predicted molar refractivity (Wildman–Crippen MR) is 78.8 cm³/mol. The van der Waals surface area contributed by atoms with Crippen LogP contribution in [0.25, 0.3) is 0 Å². The van der Waals surface area contributed by atoms with E-state index in [4.69, 9.17) is 5.73 Å². The van der Waals surface area contributed by atoms with E-state index in [0.717, 1.165) is 30.8 Å². The zero-order chi connectivity index (χ0) is 14.1. The Hall–Kier alpha value is -2.04. The molecule has 0 saturated heterocycles. The van der Waals surface area contributed by atoms with Gasteiger partial charge in [-0.25, -0.2) is 4.98 Å². The van der Waals surface area contributed by atoms with Crippen LogP contribution in [0.2, 0.25) is 0 Å². The molecular weight excluding hydrogens is 240 g/mol. The van der Waals surface area contributed by atoms with Crippen LogP contribution in [0.4, 0.5) is 11.5 Å². The number of rotatable bonds is 7. The van der Waals surface area contributed by atoms with Crippen LogP contribution in [0, 0.1) is 0 Å². The molecule has 0 aromatic carbocycles. The van der Waals surface area contributed by atoms with Gasteiger partial charge in [-0.05, 0) is 38.8 Å². The molecule has 1 amide bonds. The highest BCUT2D eigenvalue weighted by molar-refractivity contribution is 5.87. The number of pyridine rings is 1. The van der Waals surface area contributed by atoms with E-state index in [1.807, 2.05) is 26.0 Å². The van der Waals surface area contributed by atoms with Crippen molar-refractivity contribution in [3.05, 3.63) is 30.0 Å². The Morgan fingerprint density at radius 1 is 1.32 bits per heavy atom. The third-order valence-corrected chi connectivity index (χ3v) is 2.42. The molecule has 0 fully saturated rings. The summed E-state index contributed by atoms with van der Waals surface area (Å²) in [5.74, 6) is 0.802. The lowest BCUT2D eigenvalue weighted by molar-refractivity contribution is -0.116. The first-order chi connectivity index (χ1) is 9.08. The van der Waals surface area contributed by atoms with Gasteiger partial charge in [-0.2, -0.15) is 0 Å². The van der Waals surface area contributed by atoms with Gasteiger partial charge in [-0.1, -0.05) is 5.57 Å². The van der Waals surface area contributed by atoms with Crippen LogP contribution >= 0.6 is 0 Å². The van der Waals surface area contributed by atoms with Crippen LogP contribution in [-0.4, -0.2) is 24.0 Å². The normalized spacial score (nSPS) is 9.79. The lowest BCUT2D eigenvalue weighted by Crippen LogP contribution is -2.22. The maximum atomic E-state index is 11.3. The predicted octanol–water partition coefficient (Wildman–Crippen LogP) is 1.94. The monoisotopic (exact) mass is 262 g/mol. The van der Waals surface area contributed by atoms with Gasteiger partial charge in [0, 0.05) is 19.2 Å². The van der Waals surface area contributed by atoms with E-state index in [0.29, 0.717) is 12.2 Å². The van der Waals surface area contributed by atoms with Crippen LogP contribution in [0.1, 0.15) is 26.7 Å². The van der Waals surface area contributed by atoms with Crippen molar-refractivity contribution in [3.8, 4) is 0 Å². The number of anilines is 2. The molecule has 4 N–H and O–H groups in total. The Balaban J connectivity index is 2.07. The first-order valence-corrected chi connectivity index (χ1v) is 6.46. The van der Waals surface area contributed by atoms with Crippen LogP contribution in [0.3, 0.4) is 0 Å². The van der Waals surface area contributed by atoms with E-state index in [9.17, 15) is 4.79 Å². The highest BCUT2D eigenvalue weighted by Gasteiger charge is 1.96. The molecule has 5 nitrogen and oxygen atoms in total. The second-order valence-electron chi connectivity index (χ2n) is 4.62. The topological polar surface area (TPSA) is 80.0 Å². The minimum atomic E-state index is -0.0202. The number of nitrogens with two attached hydrogens (primary N) is 1. The largest absolute Gasteiger partial charge is 0.397 e. The van der Waals surface area contributed by atoms with E-state index < -0.39 is 0 Å². The van der Waals surface area contributed by atoms with E-state index in [1.165, 1.54) is 0 Å². The molecule has 5 heteroatoms. The Bertz CT molecular complexity index is 422. The smallest absolute Gasteiger partial charge is 0.243 e. The van der Waals surface area contributed by atoms with Crippen molar-refractivity contribution in [2.24, 2.45) is 0 Å². The standard InChI is InChI=1S/C14H22N4O/c1-11(2)9-14(19)17-8-4-3-7-16-13-6-5-12(15)10-18-13/h5-6,9-10H,3-4,7-8,15H2,1-2H3,(H,16,18)(H,17,19). The molecule has 0 unspecified atom stereocenters. The molecule has 0 bridgehead atoms. The van der Waals surface area contributed by atoms with E-state index in [-0.39, 0.29) is 5.91 Å².